The third kappa shape index (κ3) is 1.43. The lowest BCUT2D eigenvalue weighted by atomic mass is 9.91. The highest BCUT2D eigenvalue weighted by atomic mass is 19.1. The van der Waals surface area contributed by atoms with E-state index in [0.29, 0.717) is 24.3 Å². The summed E-state index contributed by atoms with van der Waals surface area (Å²) < 4.78 is 13.7. The molecule has 0 aliphatic carbocycles. The minimum atomic E-state index is -1.25. The summed E-state index contributed by atoms with van der Waals surface area (Å²) in [6, 6.07) is 3.33. The number of aliphatic hydroxyl groups is 1. The molecular formula is C9H11FN2O. The number of hydrogen-bond donors (Lipinski definition) is 2. The number of pyridine rings is 1. The molecule has 1 aliphatic rings. The second-order valence-corrected chi connectivity index (χ2v) is 3.27. The quantitative estimate of drug-likeness (QED) is 0.693. The van der Waals surface area contributed by atoms with Gasteiger partial charge in [-0.2, -0.15) is 0 Å². The monoisotopic (exact) mass is 182 g/mol. The van der Waals surface area contributed by atoms with Crippen LogP contribution in [0.25, 0.3) is 0 Å². The fourth-order valence-electron chi connectivity index (χ4n) is 1.33. The van der Waals surface area contributed by atoms with Crippen molar-refractivity contribution in [2.45, 2.75) is 12.3 Å². The summed E-state index contributed by atoms with van der Waals surface area (Å²) in [7, 11) is 0. The lowest BCUT2D eigenvalue weighted by molar-refractivity contribution is 0.0886. The molecule has 1 aromatic heterocycles. The van der Waals surface area contributed by atoms with E-state index in [1.165, 1.54) is 6.20 Å². The summed E-state index contributed by atoms with van der Waals surface area (Å²) in [6.07, 6.45) is 1.49. The average molecular weight is 182 g/mol. The Kier molecular flexibility index (Phi) is 2.01. The van der Waals surface area contributed by atoms with E-state index in [0.717, 1.165) is 0 Å². The molecule has 0 bridgehead atoms. The minimum Gasteiger partial charge on any atom is -0.390 e. The molecule has 0 spiro atoms. The van der Waals surface area contributed by atoms with Crippen LogP contribution in [0.1, 0.15) is 11.3 Å². The van der Waals surface area contributed by atoms with Crippen LogP contribution in [0.5, 0.6) is 0 Å². The Labute approximate surface area is 75.6 Å². The first-order valence-corrected chi connectivity index (χ1v) is 4.20. The van der Waals surface area contributed by atoms with Crippen LogP contribution in [0.4, 0.5) is 4.39 Å². The lowest BCUT2D eigenvalue weighted by Crippen LogP contribution is -2.53. The largest absolute Gasteiger partial charge is 0.390 e. The van der Waals surface area contributed by atoms with E-state index in [-0.39, 0.29) is 6.61 Å². The van der Waals surface area contributed by atoms with Crippen LogP contribution in [0.15, 0.2) is 18.3 Å². The van der Waals surface area contributed by atoms with Gasteiger partial charge in [-0.1, -0.05) is 6.07 Å². The van der Waals surface area contributed by atoms with E-state index in [1.807, 2.05) is 0 Å². The topological polar surface area (TPSA) is 45.1 Å². The molecule has 3 nitrogen and oxygen atoms in total. The number of hydrogen-bond acceptors (Lipinski definition) is 3. The Hall–Kier alpha value is -1.00. The van der Waals surface area contributed by atoms with Crippen LogP contribution >= 0.6 is 0 Å². The van der Waals surface area contributed by atoms with Crippen LogP contribution in [0.2, 0.25) is 0 Å². The first kappa shape index (κ1) is 8.59. The highest BCUT2D eigenvalue weighted by molar-refractivity contribution is 5.24. The third-order valence-electron chi connectivity index (χ3n) is 2.31. The van der Waals surface area contributed by atoms with Crippen LogP contribution < -0.4 is 5.32 Å². The Morgan fingerprint density at radius 1 is 1.54 bits per heavy atom. The van der Waals surface area contributed by atoms with Crippen molar-refractivity contribution in [1.82, 2.24) is 10.3 Å². The van der Waals surface area contributed by atoms with E-state index < -0.39 is 5.67 Å². The van der Waals surface area contributed by atoms with Crippen molar-refractivity contribution in [2.24, 2.45) is 0 Å². The first-order chi connectivity index (χ1) is 6.24. The molecule has 0 atom stereocenters. The lowest BCUT2D eigenvalue weighted by Gasteiger charge is -2.35. The average Bonchev–Trinajstić information content (AvgIpc) is 2.14. The van der Waals surface area contributed by atoms with Crippen molar-refractivity contribution in [2.75, 3.05) is 13.1 Å². The molecule has 2 rings (SSSR count). The smallest absolute Gasteiger partial charge is 0.162 e. The molecular weight excluding hydrogens is 171 g/mol. The molecule has 0 unspecified atom stereocenters. The van der Waals surface area contributed by atoms with Crippen LogP contribution in [-0.4, -0.2) is 23.2 Å². The van der Waals surface area contributed by atoms with Gasteiger partial charge in [-0.05, 0) is 6.07 Å². The molecule has 1 fully saturated rings. The van der Waals surface area contributed by atoms with Crippen LogP contribution in [0, 0.1) is 0 Å². The van der Waals surface area contributed by atoms with E-state index >= 15 is 0 Å². The molecule has 0 aromatic carbocycles. The van der Waals surface area contributed by atoms with Gasteiger partial charge >= 0.3 is 0 Å². The zero-order chi connectivity index (χ0) is 9.31. The minimum absolute atomic E-state index is 0.0994. The second-order valence-electron chi connectivity index (χ2n) is 3.27. The van der Waals surface area contributed by atoms with Crippen LogP contribution in [0.3, 0.4) is 0 Å². The van der Waals surface area contributed by atoms with Crippen molar-refractivity contribution in [3.05, 3.63) is 29.6 Å². The van der Waals surface area contributed by atoms with Crippen LogP contribution in [-0.2, 0) is 12.3 Å². The molecule has 1 aliphatic heterocycles. The highest BCUT2D eigenvalue weighted by Gasteiger charge is 2.38. The maximum atomic E-state index is 13.7. The van der Waals surface area contributed by atoms with Gasteiger partial charge in [0.1, 0.15) is 0 Å². The van der Waals surface area contributed by atoms with Crippen molar-refractivity contribution in [1.29, 1.82) is 0 Å². The zero-order valence-electron chi connectivity index (χ0n) is 7.13. The maximum Gasteiger partial charge on any atom is 0.162 e. The molecule has 1 saturated heterocycles. The predicted molar refractivity (Wildman–Crippen MR) is 45.8 cm³/mol. The molecule has 2 heterocycles. The SMILES string of the molecule is OCc1ccc(C2(F)CNC2)cn1. The van der Waals surface area contributed by atoms with Gasteiger partial charge in [-0.25, -0.2) is 4.39 Å². The number of aromatic nitrogens is 1. The fourth-order valence-corrected chi connectivity index (χ4v) is 1.33. The Morgan fingerprint density at radius 2 is 2.31 bits per heavy atom. The molecule has 4 heteroatoms. The molecule has 2 N–H and O–H groups in total. The van der Waals surface area contributed by atoms with Gasteiger partial charge in [0.05, 0.1) is 12.3 Å². The number of nitrogens with one attached hydrogen (secondary N) is 1. The van der Waals surface area contributed by atoms with Crippen molar-refractivity contribution < 1.29 is 9.50 Å². The van der Waals surface area contributed by atoms with Gasteiger partial charge < -0.3 is 10.4 Å². The summed E-state index contributed by atoms with van der Waals surface area (Å²) in [5, 5.41) is 11.6. The van der Waals surface area contributed by atoms with Crippen molar-refractivity contribution in [3.8, 4) is 0 Å². The standard InChI is InChI=1S/C9H11FN2O/c10-9(5-11-6-9)7-1-2-8(4-13)12-3-7/h1-3,11,13H,4-6H2. The van der Waals surface area contributed by atoms with E-state index in [2.05, 4.69) is 10.3 Å². The number of alkyl halides is 1. The summed E-state index contributed by atoms with van der Waals surface area (Å²) in [5.41, 5.74) is -0.0934. The molecule has 0 saturated carbocycles. The van der Waals surface area contributed by atoms with Gasteiger partial charge in [-0.3, -0.25) is 4.98 Å². The maximum absolute atomic E-state index is 13.7. The number of halogens is 1. The summed E-state index contributed by atoms with van der Waals surface area (Å²) >= 11 is 0. The second kappa shape index (κ2) is 3.05. The zero-order valence-corrected chi connectivity index (χ0v) is 7.13. The van der Waals surface area contributed by atoms with E-state index in [4.69, 9.17) is 5.11 Å². The van der Waals surface area contributed by atoms with Gasteiger partial charge in [-0.15, -0.1) is 0 Å². The fraction of sp³-hybridized carbons (Fsp3) is 0.444. The van der Waals surface area contributed by atoms with Gasteiger partial charge in [0.2, 0.25) is 0 Å². The van der Waals surface area contributed by atoms with Gasteiger partial charge in [0.25, 0.3) is 0 Å². The molecule has 0 amide bonds. The summed E-state index contributed by atoms with van der Waals surface area (Å²) in [5.74, 6) is 0. The highest BCUT2D eigenvalue weighted by Crippen LogP contribution is 2.29. The van der Waals surface area contributed by atoms with E-state index in [1.54, 1.807) is 12.1 Å². The normalized spacial score (nSPS) is 19.5. The van der Waals surface area contributed by atoms with Crippen molar-refractivity contribution in [3.63, 3.8) is 0 Å². The molecule has 13 heavy (non-hydrogen) atoms. The number of nitrogens with zero attached hydrogens (tertiary/aromatic N) is 1. The molecule has 0 radical (unpaired) electrons. The number of aliphatic hydroxyl groups excluding tert-OH is 1. The Balaban J connectivity index is 2.22. The Morgan fingerprint density at radius 3 is 2.69 bits per heavy atom. The first-order valence-electron chi connectivity index (χ1n) is 4.20. The number of rotatable bonds is 2. The molecule has 1 aromatic rings. The third-order valence-corrected chi connectivity index (χ3v) is 2.31. The van der Waals surface area contributed by atoms with E-state index in [9.17, 15) is 4.39 Å². The Bertz CT molecular complexity index is 295. The summed E-state index contributed by atoms with van der Waals surface area (Å²) in [6.45, 7) is 0.609. The van der Waals surface area contributed by atoms with Gasteiger partial charge in [0.15, 0.2) is 5.67 Å². The van der Waals surface area contributed by atoms with Gasteiger partial charge in [0, 0.05) is 24.8 Å². The predicted octanol–water partition coefficient (Wildman–Crippen LogP) is 0.342. The van der Waals surface area contributed by atoms with Crippen molar-refractivity contribution >= 4 is 0 Å². The summed E-state index contributed by atoms with van der Waals surface area (Å²) in [4.78, 5) is 3.93. The molecule has 70 valence electrons.